The standard InChI is InChI=1S/C17H31N7O5/c1-23(9-6-14(26)27)16(29)11(4-2-7-21-17(19)20)22-15(28)12-5-3-8-24(12)13(25)10-18/h11-12H,2-10,18H2,1H3,(H,22,28)(H,26,27)(H4,19,20,21)/t11-,12-/m0/s1. The van der Waals surface area contributed by atoms with E-state index in [1.807, 2.05) is 0 Å². The minimum atomic E-state index is -1.03. The molecule has 12 nitrogen and oxygen atoms in total. The number of carboxylic acid groups (broad SMARTS) is 1. The van der Waals surface area contributed by atoms with Crippen LogP contribution in [0.15, 0.2) is 4.99 Å². The molecule has 1 aliphatic rings. The Labute approximate surface area is 169 Å². The van der Waals surface area contributed by atoms with Crippen LogP contribution in [0.25, 0.3) is 0 Å². The lowest BCUT2D eigenvalue weighted by Gasteiger charge is -2.28. The summed E-state index contributed by atoms with van der Waals surface area (Å²) >= 11 is 0. The molecule has 0 aliphatic carbocycles. The van der Waals surface area contributed by atoms with Crippen molar-refractivity contribution in [2.24, 2.45) is 22.2 Å². The number of likely N-dealkylation sites (tertiary alicyclic amines) is 1. The van der Waals surface area contributed by atoms with Gasteiger partial charge in [-0.3, -0.25) is 24.2 Å². The molecule has 0 radical (unpaired) electrons. The summed E-state index contributed by atoms with van der Waals surface area (Å²) in [6.07, 6.45) is 1.64. The van der Waals surface area contributed by atoms with Crippen molar-refractivity contribution in [1.82, 2.24) is 15.1 Å². The number of nitrogens with zero attached hydrogens (tertiary/aromatic N) is 3. The zero-order valence-electron chi connectivity index (χ0n) is 16.7. The Morgan fingerprint density at radius 3 is 2.59 bits per heavy atom. The number of carbonyl (C=O) groups is 4. The minimum absolute atomic E-state index is 0.00957. The summed E-state index contributed by atoms with van der Waals surface area (Å²) in [6.45, 7) is 0.538. The third-order valence-electron chi connectivity index (χ3n) is 4.65. The highest BCUT2D eigenvalue weighted by Gasteiger charge is 2.35. The second-order valence-electron chi connectivity index (χ2n) is 6.86. The Morgan fingerprint density at radius 1 is 1.31 bits per heavy atom. The van der Waals surface area contributed by atoms with Gasteiger partial charge in [0.1, 0.15) is 12.1 Å². The number of hydrogen-bond donors (Lipinski definition) is 5. The maximum absolute atomic E-state index is 12.7. The van der Waals surface area contributed by atoms with Crippen LogP contribution < -0.4 is 22.5 Å². The molecule has 1 rings (SSSR count). The normalized spacial score (nSPS) is 16.8. The van der Waals surface area contributed by atoms with Gasteiger partial charge in [-0.15, -0.1) is 0 Å². The van der Waals surface area contributed by atoms with Gasteiger partial charge in [-0.25, -0.2) is 0 Å². The Bertz CT molecular complexity index is 636. The summed E-state index contributed by atoms with van der Waals surface area (Å²) in [7, 11) is 1.47. The first kappa shape index (κ1) is 24.1. The molecule has 29 heavy (non-hydrogen) atoms. The predicted octanol–water partition coefficient (Wildman–Crippen LogP) is -2.59. The number of rotatable bonds is 11. The summed E-state index contributed by atoms with van der Waals surface area (Å²) in [5.41, 5.74) is 16.0. The Kier molecular flexibility index (Phi) is 9.86. The number of amides is 3. The van der Waals surface area contributed by atoms with Crippen LogP contribution in [-0.2, 0) is 19.2 Å². The van der Waals surface area contributed by atoms with Crippen molar-refractivity contribution in [3.05, 3.63) is 0 Å². The van der Waals surface area contributed by atoms with Crippen molar-refractivity contribution in [2.75, 3.05) is 33.2 Å². The van der Waals surface area contributed by atoms with Crippen molar-refractivity contribution in [1.29, 1.82) is 0 Å². The van der Waals surface area contributed by atoms with E-state index >= 15 is 0 Å². The van der Waals surface area contributed by atoms with Gasteiger partial charge in [0, 0.05) is 26.7 Å². The number of likely N-dealkylation sites (N-methyl/N-ethyl adjacent to an activating group) is 1. The second-order valence-corrected chi connectivity index (χ2v) is 6.86. The maximum atomic E-state index is 12.7. The molecule has 0 aromatic rings. The van der Waals surface area contributed by atoms with E-state index in [9.17, 15) is 19.2 Å². The molecular weight excluding hydrogens is 382 g/mol. The predicted molar refractivity (Wildman–Crippen MR) is 106 cm³/mol. The Morgan fingerprint density at radius 2 is 2.00 bits per heavy atom. The molecule has 0 spiro atoms. The molecule has 3 amide bonds. The van der Waals surface area contributed by atoms with Gasteiger partial charge in [-0.1, -0.05) is 0 Å². The van der Waals surface area contributed by atoms with E-state index in [1.54, 1.807) is 0 Å². The molecule has 8 N–H and O–H groups in total. The van der Waals surface area contributed by atoms with Gasteiger partial charge in [-0.05, 0) is 25.7 Å². The lowest BCUT2D eigenvalue weighted by atomic mass is 10.1. The SMILES string of the molecule is CN(CCC(=O)O)C(=O)[C@H](CCCN=C(N)N)NC(=O)[C@@H]1CCCN1C(=O)CN. The van der Waals surface area contributed by atoms with E-state index < -0.39 is 29.9 Å². The summed E-state index contributed by atoms with van der Waals surface area (Å²) < 4.78 is 0. The number of hydrogen-bond acceptors (Lipinski definition) is 6. The van der Waals surface area contributed by atoms with Crippen LogP contribution in [0.5, 0.6) is 0 Å². The van der Waals surface area contributed by atoms with Crippen LogP contribution in [0.3, 0.4) is 0 Å². The molecule has 2 atom stereocenters. The average Bonchev–Trinajstić information content (AvgIpc) is 3.16. The van der Waals surface area contributed by atoms with Crippen molar-refractivity contribution in [2.45, 2.75) is 44.2 Å². The van der Waals surface area contributed by atoms with Crippen molar-refractivity contribution in [3.63, 3.8) is 0 Å². The monoisotopic (exact) mass is 413 g/mol. The number of guanidine groups is 1. The molecule has 1 heterocycles. The van der Waals surface area contributed by atoms with Crippen LogP contribution in [0, 0.1) is 0 Å². The van der Waals surface area contributed by atoms with Crippen molar-refractivity contribution in [3.8, 4) is 0 Å². The third-order valence-corrected chi connectivity index (χ3v) is 4.65. The van der Waals surface area contributed by atoms with Crippen LogP contribution in [0.2, 0.25) is 0 Å². The molecule has 0 unspecified atom stereocenters. The summed E-state index contributed by atoms with van der Waals surface area (Å²) in [5.74, 6) is -2.27. The van der Waals surface area contributed by atoms with E-state index in [4.69, 9.17) is 22.3 Å². The van der Waals surface area contributed by atoms with Gasteiger partial charge in [0.05, 0.1) is 13.0 Å². The third kappa shape index (κ3) is 7.94. The first-order valence-corrected chi connectivity index (χ1v) is 9.49. The maximum Gasteiger partial charge on any atom is 0.305 e. The van der Waals surface area contributed by atoms with Crippen LogP contribution in [0.1, 0.15) is 32.1 Å². The molecule has 164 valence electrons. The highest BCUT2D eigenvalue weighted by Crippen LogP contribution is 2.18. The van der Waals surface area contributed by atoms with E-state index in [0.29, 0.717) is 25.8 Å². The second kappa shape index (κ2) is 11.8. The summed E-state index contributed by atoms with van der Waals surface area (Å²) in [4.78, 5) is 54.7. The Balaban J connectivity index is 2.82. The molecule has 0 aromatic carbocycles. The largest absolute Gasteiger partial charge is 0.481 e. The lowest BCUT2D eigenvalue weighted by molar-refractivity contribution is -0.141. The smallest absolute Gasteiger partial charge is 0.305 e. The van der Waals surface area contributed by atoms with Crippen molar-refractivity contribution < 1.29 is 24.3 Å². The van der Waals surface area contributed by atoms with Crippen LogP contribution in [0.4, 0.5) is 0 Å². The van der Waals surface area contributed by atoms with E-state index in [1.165, 1.54) is 16.8 Å². The fraction of sp³-hybridized carbons (Fsp3) is 0.706. The van der Waals surface area contributed by atoms with Gasteiger partial charge in [0.2, 0.25) is 17.7 Å². The van der Waals surface area contributed by atoms with E-state index in [2.05, 4.69) is 10.3 Å². The number of aliphatic carboxylic acids is 1. The highest BCUT2D eigenvalue weighted by molar-refractivity contribution is 5.92. The number of carboxylic acids is 1. The number of aliphatic imine (C=N–C) groups is 1. The topological polar surface area (TPSA) is 197 Å². The first-order valence-electron chi connectivity index (χ1n) is 9.49. The fourth-order valence-corrected chi connectivity index (χ4v) is 3.12. The van der Waals surface area contributed by atoms with E-state index in [0.717, 1.165) is 0 Å². The number of carbonyl (C=O) groups excluding carboxylic acids is 3. The summed E-state index contributed by atoms with van der Waals surface area (Å²) in [6, 6.07) is -1.56. The Hall–Kier alpha value is -2.89. The first-order chi connectivity index (χ1) is 13.7. The molecule has 1 aliphatic heterocycles. The lowest BCUT2D eigenvalue weighted by Crippen LogP contribution is -2.54. The fourth-order valence-electron chi connectivity index (χ4n) is 3.12. The van der Waals surface area contributed by atoms with Crippen LogP contribution >= 0.6 is 0 Å². The molecule has 1 saturated heterocycles. The average molecular weight is 413 g/mol. The number of nitrogens with one attached hydrogen (secondary N) is 1. The molecule has 0 saturated carbocycles. The van der Waals surface area contributed by atoms with Gasteiger partial charge in [0.25, 0.3) is 0 Å². The zero-order valence-corrected chi connectivity index (χ0v) is 16.7. The van der Waals surface area contributed by atoms with Gasteiger partial charge in [0.15, 0.2) is 5.96 Å². The van der Waals surface area contributed by atoms with Gasteiger partial charge >= 0.3 is 5.97 Å². The molecule has 0 aromatic heterocycles. The molecule has 12 heteroatoms. The molecule has 1 fully saturated rings. The summed E-state index contributed by atoms with van der Waals surface area (Å²) in [5, 5.41) is 11.5. The van der Waals surface area contributed by atoms with Crippen LogP contribution in [-0.4, -0.2) is 89.9 Å². The van der Waals surface area contributed by atoms with Gasteiger partial charge < -0.3 is 37.4 Å². The molecule has 0 bridgehead atoms. The van der Waals surface area contributed by atoms with Crippen molar-refractivity contribution >= 4 is 29.7 Å². The molecular formula is C17H31N7O5. The van der Waals surface area contributed by atoms with E-state index in [-0.39, 0.29) is 44.3 Å². The minimum Gasteiger partial charge on any atom is -0.481 e. The number of nitrogens with two attached hydrogens (primary N) is 3. The quantitative estimate of drug-likeness (QED) is 0.138. The van der Waals surface area contributed by atoms with Gasteiger partial charge in [-0.2, -0.15) is 0 Å². The zero-order chi connectivity index (χ0) is 22.0. The highest BCUT2D eigenvalue weighted by atomic mass is 16.4.